The molecule has 4 atom stereocenters. The third-order valence-corrected chi connectivity index (χ3v) is 7.64. The Morgan fingerprint density at radius 3 is 3.04 bits per heavy atom. The van der Waals surface area contributed by atoms with Gasteiger partial charge in [0.2, 0.25) is 0 Å². The van der Waals surface area contributed by atoms with Gasteiger partial charge in [0.15, 0.2) is 0 Å². The summed E-state index contributed by atoms with van der Waals surface area (Å²) in [5.41, 5.74) is 0.580. The van der Waals surface area contributed by atoms with E-state index in [1.807, 2.05) is 12.3 Å². The first-order valence-electron chi connectivity index (χ1n) is 9.84. The van der Waals surface area contributed by atoms with Gasteiger partial charge in [0.1, 0.15) is 5.69 Å². The lowest BCUT2D eigenvalue weighted by Crippen LogP contribution is -2.42. The van der Waals surface area contributed by atoms with Crippen LogP contribution in [0.15, 0.2) is 5.38 Å². The molecule has 4 aliphatic heterocycles. The van der Waals surface area contributed by atoms with Crippen LogP contribution in [0.3, 0.4) is 0 Å². The Morgan fingerprint density at radius 1 is 1.42 bits per heavy atom. The van der Waals surface area contributed by atoms with Gasteiger partial charge in [-0.25, -0.2) is 4.98 Å². The van der Waals surface area contributed by atoms with Gasteiger partial charge in [-0.2, -0.15) is 0 Å². The molecule has 2 bridgehead atoms. The molecule has 1 spiro atoms. The fraction of sp³-hybridized carbons (Fsp3) is 0.789. The maximum Gasteiger partial charge on any atom is 0.270 e. The number of ether oxygens (including phenoxy) is 2. The second kappa shape index (κ2) is 6.55. The van der Waals surface area contributed by atoms with Crippen molar-refractivity contribution >= 4 is 17.2 Å². The van der Waals surface area contributed by atoms with Crippen molar-refractivity contribution in [2.24, 2.45) is 11.8 Å². The van der Waals surface area contributed by atoms with Crippen LogP contribution in [0.25, 0.3) is 0 Å². The molecule has 6 nitrogen and oxygen atoms in total. The first-order valence-corrected chi connectivity index (χ1v) is 10.7. The number of carbonyl (C=O) groups excluding carboxylic acids is 1. The van der Waals surface area contributed by atoms with E-state index in [1.165, 1.54) is 17.8 Å². The van der Waals surface area contributed by atoms with E-state index in [-0.39, 0.29) is 11.5 Å². The third kappa shape index (κ3) is 2.80. The summed E-state index contributed by atoms with van der Waals surface area (Å²) in [6.45, 7) is 6.57. The van der Waals surface area contributed by atoms with Gasteiger partial charge >= 0.3 is 0 Å². The van der Waals surface area contributed by atoms with Crippen LogP contribution < -0.4 is 5.32 Å². The predicted octanol–water partition coefficient (Wildman–Crippen LogP) is 1.84. The van der Waals surface area contributed by atoms with Gasteiger partial charge in [-0.3, -0.25) is 9.69 Å². The van der Waals surface area contributed by atoms with Crippen molar-refractivity contribution in [3.05, 3.63) is 16.1 Å². The molecule has 1 N–H and O–H groups in total. The van der Waals surface area contributed by atoms with Crippen molar-refractivity contribution in [2.75, 3.05) is 32.8 Å². The summed E-state index contributed by atoms with van der Waals surface area (Å²) in [6, 6.07) is 0.639. The van der Waals surface area contributed by atoms with Gasteiger partial charge < -0.3 is 14.8 Å². The Kier molecular flexibility index (Phi) is 4.31. The topological polar surface area (TPSA) is 63.7 Å². The lowest BCUT2D eigenvalue weighted by atomic mass is 9.73. The zero-order valence-corrected chi connectivity index (χ0v) is 16.1. The summed E-state index contributed by atoms with van der Waals surface area (Å²) >= 11 is 1.52. The number of hydrogen-bond donors (Lipinski definition) is 1. The molecule has 5 rings (SSSR count). The highest BCUT2D eigenvalue weighted by atomic mass is 32.1. The van der Waals surface area contributed by atoms with E-state index in [4.69, 9.17) is 9.47 Å². The van der Waals surface area contributed by atoms with E-state index >= 15 is 0 Å². The molecule has 0 radical (unpaired) electrons. The van der Waals surface area contributed by atoms with Gasteiger partial charge in [0, 0.05) is 56.1 Å². The lowest BCUT2D eigenvalue weighted by molar-refractivity contribution is -0.0122. The van der Waals surface area contributed by atoms with Crippen LogP contribution in [0.1, 0.15) is 41.2 Å². The average molecular weight is 378 g/mol. The van der Waals surface area contributed by atoms with E-state index in [0.717, 1.165) is 50.6 Å². The van der Waals surface area contributed by atoms with E-state index < -0.39 is 0 Å². The van der Waals surface area contributed by atoms with Crippen LogP contribution in [-0.4, -0.2) is 66.4 Å². The SMILES string of the molecule is Cc1nc(C(=O)NC[C@H]2[C@H]3CN(C4CCOCC4)C[C@]34CC[C@H]2O4)cs1. The van der Waals surface area contributed by atoms with Crippen molar-refractivity contribution in [2.45, 2.75) is 50.4 Å². The molecule has 0 unspecified atom stereocenters. The highest BCUT2D eigenvalue weighted by Crippen LogP contribution is 2.55. The smallest absolute Gasteiger partial charge is 0.270 e. The molecule has 0 aliphatic carbocycles. The van der Waals surface area contributed by atoms with Crippen molar-refractivity contribution < 1.29 is 14.3 Å². The molecule has 7 heteroatoms. The fourth-order valence-electron chi connectivity index (χ4n) is 5.60. The van der Waals surface area contributed by atoms with E-state index in [9.17, 15) is 4.79 Å². The summed E-state index contributed by atoms with van der Waals surface area (Å²) in [6.07, 6.45) is 4.90. The summed E-state index contributed by atoms with van der Waals surface area (Å²) in [7, 11) is 0. The Hall–Kier alpha value is -1.02. The number of hydrogen-bond acceptors (Lipinski definition) is 6. The number of likely N-dealkylation sites (tertiary alicyclic amines) is 1. The molecule has 142 valence electrons. The summed E-state index contributed by atoms with van der Waals surface area (Å²) < 4.78 is 12.1. The maximum atomic E-state index is 12.4. The van der Waals surface area contributed by atoms with Gasteiger partial charge in [0.05, 0.1) is 16.7 Å². The first-order chi connectivity index (χ1) is 12.6. The zero-order chi connectivity index (χ0) is 17.7. The van der Waals surface area contributed by atoms with E-state index in [2.05, 4.69) is 15.2 Å². The number of carbonyl (C=O) groups is 1. The van der Waals surface area contributed by atoms with E-state index in [0.29, 0.717) is 36.2 Å². The predicted molar refractivity (Wildman–Crippen MR) is 98.4 cm³/mol. The summed E-state index contributed by atoms with van der Waals surface area (Å²) in [4.78, 5) is 19.3. The second-order valence-electron chi connectivity index (χ2n) is 8.26. The first kappa shape index (κ1) is 17.1. The molecular formula is C19H27N3O3S. The Labute approximate surface area is 158 Å². The number of rotatable bonds is 4. The minimum absolute atomic E-state index is 0.0373. The average Bonchev–Trinajstić information content (AvgIpc) is 3.40. The standard InChI is InChI=1S/C19H27N3O3S/c1-12-21-16(10-26-12)18(23)20-8-14-15-9-22(13-3-6-24-7-4-13)11-19(15)5-2-17(14)25-19/h10,13-15,17H,2-9,11H2,1H3,(H,20,23)/t14-,15+,17+,19+/m0/s1. The quantitative estimate of drug-likeness (QED) is 0.867. The molecule has 4 fully saturated rings. The fourth-order valence-corrected chi connectivity index (χ4v) is 6.19. The molecule has 4 aliphatic rings. The molecule has 26 heavy (non-hydrogen) atoms. The minimum atomic E-state index is -0.0505. The molecule has 0 saturated carbocycles. The van der Waals surface area contributed by atoms with Crippen LogP contribution in [0, 0.1) is 18.8 Å². The Morgan fingerprint density at radius 2 is 2.27 bits per heavy atom. The monoisotopic (exact) mass is 377 g/mol. The third-order valence-electron chi connectivity index (χ3n) is 6.87. The van der Waals surface area contributed by atoms with Gasteiger partial charge in [-0.05, 0) is 32.6 Å². The number of nitrogens with one attached hydrogen (secondary N) is 1. The highest BCUT2D eigenvalue weighted by Gasteiger charge is 2.63. The largest absolute Gasteiger partial charge is 0.381 e. The molecule has 1 aromatic heterocycles. The normalized spacial score (nSPS) is 37.2. The maximum absolute atomic E-state index is 12.4. The molecule has 5 heterocycles. The molecule has 1 amide bonds. The lowest BCUT2D eigenvalue weighted by Gasteiger charge is -2.32. The van der Waals surface area contributed by atoms with Crippen molar-refractivity contribution in [3.8, 4) is 0 Å². The van der Waals surface area contributed by atoms with Gasteiger partial charge in [-0.15, -0.1) is 11.3 Å². The Balaban J connectivity index is 1.25. The number of nitrogens with zero attached hydrogens (tertiary/aromatic N) is 2. The van der Waals surface area contributed by atoms with Crippen molar-refractivity contribution in [1.82, 2.24) is 15.2 Å². The second-order valence-corrected chi connectivity index (χ2v) is 9.33. The number of fused-ring (bicyclic) bond motifs is 1. The van der Waals surface area contributed by atoms with Gasteiger partial charge in [0.25, 0.3) is 5.91 Å². The molecule has 4 saturated heterocycles. The number of aromatic nitrogens is 1. The molecule has 0 aromatic carbocycles. The number of aryl methyl sites for hydroxylation is 1. The van der Waals surface area contributed by atoms with Crippen molar-refractivity contribution in [3.63, 3.8) is 0 Å². The van der Waals surface area contributed by atoms with E-state index in [1.54, 1.807) is 0 Å². The number of amides is 1. The van der Waals surface area contributed by atoms with Crippen molar-refractivity contribution in [1.29, 1.82) is 0 Å². The van der Waals surface area contributed by atoms with Gasteiger partial charge in [-0.1, -0.05) is 0 Å². The highest BCUT2D eigenvalue weighted by molar-refractivity contribution is 7.09. The summed E-state index contributed by atoms with van der Waals surface area (Å²) in [5.74, 6) is 0.921. The van der Waals surface area contributed by atoms with Crippen LogP contribution in [0.4, 0.5) is 0 Å². The van der Waals surface area contributed by atoms with Crippen LogP contribution in [0.5, 0.6) is 0 Å². The van der Waals surface area contributed by atoms with Crippen LogP contribution in [-0.2, 0) is 9.47 Å². The van der Waals surface area contributed by atoms with Crippen LogP contribution >= 0.6 is 11.3 Å². The minimum Gasteiger partial charge on any atom is -0.381 e. The Bertz CT molecular complexity index is 689. The van der Waals surface area contributed by atoms with Crippen LogP contribution in [0.2, 0.25) is 0 Å². The number of thiazole rings is 1. The molecule has 1 aromatic rings. The summed E-state index contributed by atoms with van der Waals surface area (Å²) in [5, 5.41) is 5.90. The molecular weight excluding hydrogens is 350 g/mol. The zero-order valence-electron chi connectivity index (χ0n) is 15.3.